The van der Waals surface area contributed by atoms with Crippen molar-refractivity contribution in [2.24, 2.45) is 0 Å². The van der Waals surface area contributed by atoms with E-state index in [-0.39, 0.29) is 12.1 Å². The highest BCUT2D eigenvalue weighted by Crippen LogP contribution is 2.17. The number of carboxylic acid groups (broad SMARTS) is 1. The summed E-state index contributed by atoms with van der Waals surface area (Å²) in [6, 6.07) is 1.22. The number of carboxylic acids is 1. The molecule has 0 saturated heterocycles. The molecule has 0 bridgehead atoms. The molecule has 92 valence electrons. The van der Waals surface area contributed by atoms with Crippen LogP contribution in [0.1, 0.15) is 12.8 Å². The molecule has 1 aromatic carbocycles. The monoisotopic (exact) mass is 247 g/mol. The maximum atomic E-state index is 12.7. The molecule has 0 aliphatic rings. The van der Waals surface area contributed by atoms with Gasteiger partial charge >= 0.3 is 5.97 Å². The Hall–Kier alpha value is -2.05. The summed E-state index contributed by atoms with van der Waals surface area (Å²) in [4.78, 5) is 21.3. The highest BCUT2D eigenvalue weighted by atomic mass is 19.2. The lowest BCUT2D eigenvalue weighted by atomic mass is 10.2. The predicted octanol–water partition coefficient (Wildman–Crippen LogP) is 1.91. The summed E-state index contributed by atoms with van der Waals surface area (Å²) < 4.78 is 38.0. The van der Waals surface area contributed by atoms with Crippen molar-refractivity contribution in [3.05, 3.63) is 29.6 Å². The van der Waals surface area contributed by atoms with E-state index in [9.17, 15) is 22.8 Å². The Morgan fingerprint density at radius 3 is 2.12 bits per heavy atom. The lowest BCUT2D eigenvalue weighted by molar-refractivity contribution is -0.138. The SMILES string of the molecule is O=C(O)CCC(=O)Nc1cc(F)c(F)c(F)c1. The molecular weight excluding hydrogens is 239 g/mol. The van der Waals surface area contributed by atoms with Crippen LogP contribution in [0.4, 0.5) is 18.9 Å². The Morgan fingerprint density at radius 2 is 1.65 bits per heavy atom. The van der Waals surface area contributed by atoms with Crippen LogP contribution in [0, 0.1) is 17.5 Å². The van der Waals surface area contributed by atoms with Gasteiger partial charge in [-0.2, -0.15) is 0 Å². The van der Waals surface area contributed by atoms with Crippen LogP contribution < -0.4 is 5.32 Å². The number of hydrogen-bond donors (Lipinski definition) is 2. The highest BCUT2D eigenvalue weighted by molar-refractivity contribution is 5.92. The number of halogens is 3. The summed E-state index contributed by atoms with van der Waals surface area (Å²) in [6.45, 7) is 0. The molecule has 0 aliphatic carbocycles. The van der Waals surface area contributed by atoms with Crippen molar-refractivity contribution in [2.45, 2.75) is 12.8 Å². The lowest BCUT2D eigenvalue weighted by Gasteiger charge is -2.05. The standard InChI is InChI=1S/C10H8F3NO3/c11-6-3-5(4-7(12)10(6)13)14-8(15)1-2-9(16)17/h3-4H,1-2H2,(H,14,15)(H,16,17). The van der Waals surface area contributed by atoms with E-state index in [1.54, 1.807) is 0 Å². The van der Waals surface area contributed by atoms with Crippen LogP contribution >= 0.6 is 0 Å². The largest absolute Gasteiger partial charge is 0.481 e. The van der Waals surface area contributed by atoms with Crippen molar-refractivity contribution < 1.29 is 27.9 Å². The second kappa shape index (κ2) is 5.33. The topological polar surface area (TPSA) is 66.4 Å². The van der Waals surface area contributed by atoms with Crippen LogP contribution in [0.25, 0.3) is 0 Å². The van der Waals surface area contributed by atoms with Crippen LogP contribution in [0.3, 0.4) is 0 Å². The number of hydrogen-bond acceptors (Lipinski definition) is 2. The Balaban J connectivity index is 2.69. The van der Waals surface area contributed by atoms with E-state index in [2.05, 4.69) is 5.32 Å². The summed E-state index contributed by atoms with van der Waals surface area (Å²) in [6.07, 6.45) is -0.742. The quantitative estimate of drug-likeness (QED) is 0.798. The van der Waals surface area contributed by atoms with Crippen molar-refractivity contribution in [3.8, 4) is 0 Å². The Kier molecular flexibility index (Phi) is 4.08. The predicted molar refractivity (Wildman–Crippen MR) is 51.8 cm³/mol. The summed E-state index contributed by atoms with van der Waals surface area (Å²) in [5.74, 6) is -6.39. The minimum absolute atomic E-state index is 0.267. The van der Waals surface area contributed by atoms with Gasteiger partial charge < -0.3 is 10.4 Å². The van der Waals surface area contributed by atoms with Crippen molar-refractivity contribution in [1.29, 1.82) is 0 Å². The normalized spacial score (nSPS) is 10.1. The fraction of sp³-hybridized carbons (Fsp3) is 0.200. The van der Waals surface area contributed by atoms with Gasteiger partial charge in [-0.1, -0.05) is 0 Å². The fourth-order valence-electron chi connectivity index (χ4n) is 1.07. The average Bonchev–Trinajstić information content (AvgIpc) is 2.23. The molecule has 1 aromatic rings. The van der Waals surface area contributed by atoms with Gasteiger partial charge in [0, 0.05) is 24.2 Å². The van der Waals surface area contributed by atoms with Gasteiger partial charge in [0.05, 0.1) is 6.42 Å². The fourth-order valence-corrected chi connectivity index (χ4v) is 1.07. The molecule has 0 aromatic heterocycles. The lowest BCUT2D eigenvalue weighted by Crippen LogP contribution is -2.13. The summed E-state index contributed by atoms with van der Waals surface area (Å²) in [5.41, 5.74) is -0.267. The van der Waals surface area contributed by atoms with Gasteiger partial charge in [0.2, 0.25) is 5.91 Å². The third-order valence-electron chi connectivity index (χ3n) is 1.83. The first-order valence-electron chi connectivity index (χ1n) is 4.56. The Labute approximate surface area is 94.1 Å². The van der Waals surface area contributed by atoms with Crippen molar-refractivity contribution in [1.82, 2.24) is 0 Å². The molecule has 0 unspecified atom stereocenters. The minimum atomic E-state index is -1.63. The van der Waals surface area contributed by atoms with Crippen molar-refractivity contribution in [3.63, 3.8) is 0 Å². The number of carbonyl (C=O) groups excluding carboxylic acids is 1. The minimum Gasteiger partial charge on any atom is -0.481 e. The van der Waals surface area contributed by atoms with E-state index >= 15 is 0 Å². The van der Waals surface area contributed by atoms with Gasteiger partial charge in [0.15, 0.2) is 17.5 Å². The maximum absolute atomic E-state index is 12.7. The van der Waals surface area contributed by atoms with Gasteiger partial charge in [-0.25, -0.2) is 13.2 Å². The zero-order valence-electron chi connectivity index (χ0n) is 8.47. The zero-order chi connectivity index (χ0) is 13.0. The molecule has 0 atom stereocenters. The molecule has 0 fully saturated rings. The molecule has 0 radical (unpaired) electrons. The van der Waals surface area contributed by atoms with Crippen LogP contribution in [0.15, 0.2) is 12.1 Å². The van der Waals surface area contributed by atoms with E-state index < -0.39 is 35.7 Å². The number of carbonyl (C=O) groups is 2. The number of aliphatic carboxylic acids is 1. The molecule has 2 N–H and O–H groups in total. The molecule has 1 rings (SSSR count). The molecule has 1 amide bonds. The van der Waals surface area contributed by atoms with E-state index in [0.717, 1.165) is 0 Å². The maximum Gasteiger partial charge on any atom is 0.303 e. The number of rotatable bonds is 4. The molecular formula is C10H8F3NO3. The van der Waals surface area contributed by atoms with Crippen molar-refractivity contribution in [2.75, 3.05) is 5.32 Å². The Bertz CT molecular complexity index is 439. The highest BCUT2D eigenvalue weighted by Gasteiger charge is 2.12. The summed E-state index contributed by atoms with van der Waals surface area (Å²) >= 11 is 0. The van der Waals surface area contributed by atoms with Gasteiger partial charge in [-0.05, 0) is 0 Å². The van der Waals surface area contributed by atoms with E-state index in [1.807, 2.05) is 0 Å². The number of anilines is 1. The molecule has 17 heavy (non-hydrogen) atoms. The van der Waals surface area contributed by atoms with E-state index in [0.29, 0.717) is 12.1 Å². The first-order valence-corrected chi connectivity index (χ1v) is 4.56. The molecule has 0 heterocycles. The van der Waals surface area contributed by atoms with Gasteiger partial charge in [0.1, 0.15) is 0 Å². The van der Waals surface area contributed by atoms with Crippen LogP contribution in [0.2, 0.25) is 0 Å². The second-order valence-corrected chi connectivity index (χ2v) is 3.20. The van der Waals surface area contributed by atoms with Gasteiger partial charge in [0.25, 0.3) is 0 Å². The van der Waals surface area contributed by atoms with Crippen molar-refractivity contribution >= 4 is 17.6 Å². The first kappa shape index (κ1) is 13.0. The van der Waals surface area contributed by atoms with Crippen LogP contribution in [-0.2, 0) is 9.59 Å². The van der Waals surface area contributed by atoms with E-state index in [1.165, 1.54) is 0 Å². The first-order chi connectivity index (χ1) is 7.90. The number of benzene rings is 1. The molecule has 4 nitrogen and oxygen atoms in total. The van der Waals surface area contributed by atoms with E-state index in [4.69, 9.17) is 5.11 Å². The van der Waals surface area contributed by atoms with Gasteiger partial charge in [-0.3, -0.25) is 9.59 Å². The molecule has 0 spiro atoms. The van der Waals surface area contributed by atoms with Gasteiger partial charge in [-0.15, -0.1) is 0 Å². The molecule has 0 saturated carbocycles. The third kappa shape index (κ3) is 3.78. The number of nitrogens with one attached hydrogen (secondary N) is 1. The Morgan fingerprint density at radius 1 is 1.12 bits per heavy atom. The molecule has 7 heteroatoms. The second-order valence-electron chi connectivity index (χ2n) is 3.20. The third-order valence-corrected chi connectivity index (χ3v) is 1.83. The smallest absolute Gasteiger partial charge is 0.303 e. The van der Waals surface area contributed by atoms with Crippen LogP contribution in [-0.4, -0.2) is 17.0 Å². The van der Waals surface area contributed by atoms with Crippen LogP contribution in [0.5, 0.6) is 0 Å². The number of amides is 1. The summed E-state index contributed by atoms with van der Waals surface area (Å²) in [7, 11) is 0. The zero-order valence-corrected chi connectivity index (χ0v) is 8.47. The summed E-state index contributed by atoms with van der Waals surface area (Å²) in [5, 5.41) is 10.4. The molecule has 0 aliphatic heterocycles. The average molecular weight is 247 g/mol.